The first kappa shape index (κ1) is 16.1. The summed E-state index contributed by atoms with van der Waals surface area (Å²) < 4.78 is 38.6. The first-order valence-corrected chi connectivity index (χ1v) is 9.72. The number of carbonyl (C=O) groups is 1. The normalized spacial score (nSPS) is 20.9. The molecule has 1 atom stereocenters. The van der Waals surface area contributed by atoms with E-state index in [-0.39, 0.29) is 24.4 Å². The molecule has 8 heteroatoms. The molecule has 122 valence electrons. The quantitative estimate of drug-likeness (QED) is 0.830. The van der Waals surface area contributed by atoms with Crippen LogP contribution in [-0.2, 0) is 9.84 Å². The third kappa shape index (κ3) is 3.28. The van der Waals surface area contributed by atoms with Gasteiger partial charge in [-0.05, 0) is 23.9 Å². The van der Waals surface area contributed by atoms with Gasteiger partial charge in [0.2, 0.25) is 0 Å². The third-order valence-corrected chi connectivity index (χ3v) is 7.13. The Hall–Kier alpha value is -1.80. The second kappa shape index (κ2) is 6.37. The van der Waals surface area contributed by atoms with E-state index in [1.165, 1.54) is 28.5 Å². The summed E-state index contributed by atoms with van der Waals surface area (Å²) in [7, 11) is -3.33. The van der Waals surface area contributed by atoms with Crippen molar-refractivity contribution in [2.45, 2.75) is 11.7 Å². The zero-order valence-electron chi connectivity index (χ0n) is 12.2. The Balaban J connectivity index is 1.83. The summed E-state index contributed by atoms with van der Waals surface area (Å²) in [5.41, 5.74) is -0.0769. The summed E-state index contributed by atoms with van der Waals surface area (Å²) in [5, 5.41) is 1.24. The van der Waals surface area contributed by atoms with Crippen LogP contribution in [0.5, 0.6) is 0 Å². The smallest absolute Gasteiger partial charge is 0.256 e. The maximum absolute atomic E-state index is 13.7. The Morgan fingerprint density at radius 1 is 1.35 bits per heavy atom. The molecule has 23 heavy (non-hydrogen) atoms. The van der Waals surface area contributed by atoms with Crippen molar-refractivity contribution in [3.05, 3.63) is 52.2 Å². The van der Waals surface area contributed by atoms with Crippen molar-refractivity contribution in [1.29, 1.82) is 0 Å². The van der Waals surface area contributed by atoms with Gasteiger partial charge in [-0.2, -0.15) is 0 Å². The zero-order valence-corrected chi connectivity index (χ0v) is 13.8. The van der Waals surface area contributed by atoms with Gasteiger partial charge in [0.15, 0.2) is 15.7 Å². The highest BCUT2D eigenvalue weighted by Gasteiger charge is 2.33. The average Bonchev–Trinajstić information content (AvgIpc) is 2.99. The monoisotopic (exact) mass is 354 g/mol. The number of pyridine rings is 1. The molecule has 0 N–H and O–H groups in total. The SMILES string of the molecule is O=C(c1ccncc1F)N1CC[C@H](c2cccs2)S(=O)(=O)CC1. The summed E-state index contributed by atoms with van der Waals surface area (Å²) in [6.07, 6.45) is 2.65. The number of hydrogen-bond acceptors (Lipinski definition) is 5. The fourth-order valence-electron chi connectivity index (χ4n) is 2.66. The molecule has 1 fully saturated rings. The Morgan fingerprint density at radius 2 is 2.17 bits per heavy atom. The summed E-state index contributed by atoms with van der Waals surface area (Å²) in [6.45, 7) is 0.354. The lowest BCUT2D eigenvalue weighted by atomic mass is 10.2. The number of hydrogen-bond donors (Lipinski definition) is 0. The van der Waals surface area contributed by atoms with Crippen LogP contribution in [-0.4, -0.2) is 43.1 Å². The molecule has 0 spiro atoms. The van der Waals surface area contributed by atoms with Crippen molar-refractivity contribution in [1.82, 2.24) is 9.88 Å². The predicted octanol–water partition coefficient (Wildman–Crippen LogP) is 2.28. The minimum atomic E-state index is -3.33. The topological polar surface area (TPSA) is 67.3 Å². The molecule has 1 aliphatic rings. The highest BCUT2D eigenvalue weighted by atomic mass is 32.2. The van der Waals surface area contributed by atoms with E-state index in [2.05, 4.69) is 4.98 Å². The molecule has 2 aromatic heterocycles. The molecule has 0 radical (unpaired) electrons. The molecule has 5 nitrogen and oxygen atoms in total. The number of carbonyl (C=O) groups excluding carboxylic acids is 1. The molecule has 3 heterocycles. The van der Waals surface area contributed by atoms with Crippen LogP contribution in [0.25, 0.3) is 0 Å². The van der Waals surface area contributed by atoms with Crippen LogP contribution < -0.4 is 0 Å². The second-order valence-electron chi connectivity index (χ2n) is 5.31. The van der Waals surface area contributed by atoms with Crippen molar-refractivity contribution in [3.63, 3.8) is 0 Å². The van der Waals surface area contributed by atoms with Crippen molar-refractivity contribution in [2.24, 2.45) is 0 Å². The summed E-state index contributed by atoms with van der Waals surface area (Å²) in [6, 6.07) is 4.93. The third-order valence-electron chi connectivity index (χ3n) is 3.89. The van der Waals surface area contributed by atoms with Gasteiger partial charge in [0.25, 0.3) is 5.91 Å². The fraction of sp³-hybridized carbons (Fsp3) is 0.333. The van der Waals surface area contributed by atoms with Crippen molar-refractivity contribution >= 4 is 27.1 Å². The number of halogens is 1. The standard InChI is InChI=1S/C15H15FN2O3S2/c16-12-10-17-5-3-11(12)15(19)18-6-4-14(13-2-1-8-22-13)23(20,21)9-7-18/h1-3,5,8,10,14H,4,6-7,9H2/t14-/m1/s1. The van der Waals surface area contributed by atoms with E-state index in [1.807, 2.05) is 11.4 Å². The second-order valence-corrected chi connectivity index (χ2v) is 8.59. The lowest BCUT2D eigenvalue weighted by molar-refractivity contribution is 0.0761. The number of amides is 1. The molecular weight excluding hydrogens is 339 g/mol. The molecule has 0 aromatic carbocycles. The Labute approximate surface area is 137 Å². The summed E-state index contributed by atoms with van der Waals surface area (Å²) in [4.78, 5) is 18.3. The lowest BCUT2D eigenvalue weighted by Crippen LogP contribution is -2.34. The highest BCUT2D eigenvalue weighted by molar-refractivity contribution is 7.91. The molecule has 1 aliphatic heterocycles. The van der Waals surface area contributed by atoms with Gasteiger partial charge in [-0.1, -0.05) is 6.07 Å². The molecule has 1 amide bonds. The molecule has 3 rings (SSSR count). The van der Waals surface area contributed by atoms with Gasteiger partial charge in [-0.15, -0.1) is 11.3 Å². The van der Waals surface area contributed by atoms with Gasteiger partial charge in [-0.25, -0.2) is 12.8 Å². The van der Waals surface area contributed by atoms with E-state index in [4.69, 9.17) is 0 Å². The molecule has 2 aromatic rings. The lowest BCUT2D eigenvalue weighted by Gasteiger charge is -2.20. The highest BCUT2D eigenvalue weighted by Crippen LogP contribution is 2.32. The van der Waals surface area contributed by atoms with Gasteiger partial charge in [-0.3, -0.25) is 9.78 Å². The van der Waals surface area contributed by atoms with Gasteiger partial charge in [0.1, 0.15) is 0 Å². The Kier molecular flexibility index (Phi) is 4.45. The number of rotatable bonds is 2. The number of aromatic nitrogens is 1. The molecule has 0 aliphatic carbocycles. The van der Waals surface area contributed by atoms with E-state index in [1.54, 1.807) is 6.07 Å². The molecule has 0 unspecified atom stereocenters. The number of nitrogens with zero attached hydrogens (tertiary/aromatic N) is 2. The number of thiophene rings is 1. The molecular formula is C15H15FN2O3S2. The van der Waals surface area contributed by atoms with Crippen LogP contribution in [0.15, 0.2) is 36.0 Å². The maximum Gasteiger partial charge on any atom is 0.256 e. The fourth-order valence-corrected chi connectivity index (χ4v) is 5.66. The van der Waals surface area contributed by atoms with Gasteiger partial charge in [0, 0.05) is 24.2 Å². The van der Waals surface area contributed by atoms with Gasteiger partial charge in [0.05, 0.1) is 22.8 Å². The minimum Gasteiger partial charge on any atom is -0.337 e. The van der Waals surface area contributed by atoms with Crippen LogP contribution in [0.3, 0.4) is 0 Å². The van der Waals surface area contributed by atoms with Crippen molar-refractivity contribution < 1.29 is 17.6 Å². The number of sulfone groups is 1. The van der Waals surface area contributed by atoms with Crippen LogP contribution in [0, 0.1) is 5.82 Å². The first-order valence-electron chi connectivity index (χ1n) is 7.13. The first-order chi connectivity index (χ1) is 11.0. The zero-order chi connectivity index (χ0) is 16.4. The van der Waals surface area contributed by atoms with E-state index in [0.717, 1.165) is 11.1 Å². The van der Waals surface area contributed by atoms with E-state index < -0.39 is 26.8 Å². The summed E-state index contributed by atoms with van der Waals surface area (Å²) in [5.74, 6) is -1.31. The minimum absolute atomic E-state index is 0.0742. The average molecular weight is 354 g/mol. The van der Waals surface area contributed by atoms with Crippen LogP contribution in [0.2, 0.25) is 0 Å². The van der Waals surface area contributed by atoms with Crippen LogP contribution in [0.1, 0.15) is 26.9 Å². The Morgan fingerprint density at radius 3 is 2.87 bits per heavy atom. The van der Waals surface area contributed by atoms with Crippen LogP contribution in [0.4, 0.5) is 4.39 Å². The van der Waals surface area contributed by atoms with Gasteiger partial charge >= 0.3 is 0 Å². The van der Waals surface area contributed by atoms with Crippen molar-refractivity contribution in [2.75, 3.05) is 18.8 Å². The summed E-state index contributed by atoms with van der Waals surface area (Å²) >= 11 is 1.40. The van der Waals surface area contributed by atoms with Crippen molar-refractivity contribution in [3.8, 4) is 0 Å². The van der Waals surface area contributed by atoms with E-state index in [0.29, 0.717) is 6.42 Å². The molecule has 1 saturated heterocycles. The molecule has 0 saturated carbocycles. The predicted molar refractivity (Wildman–Crippen MR) is 85.6 cm³/mol. The van der Waals surface area contributed by atoms with E-state index >= 15 is 0 Å². The van der Waals surface area contributed by atoms with Gasteiger partial charge < -0.3 is 4.90 Å². The largest absolute Gasteiger partial charge is 0.337 e. The maximum atomic E-state index is 13.7. The van der Waals surface area contributed by atoms with E-state index in [9.17, 15) is 17.6 Å². The Bertz CT molecular complexity index is 806. The van der Waals surface area contributed by atoms with Crippen LogP contribution >= 0.6 is 11.3 Å². The molecule has 0 bridgehead atoms.